The first kappa shape index (κ1) is 20.6. The zero-order valence-electron chi connectivity index (χ0n) is 13.7. The number of hydrogen-bond donors (Lipinski definition) is 2. The van der Waals surface area contributed by atoms with E-state index < -0.39 is 11.8 Å². The molecule has 1 amide bonds. The highest BCUT2D eigenvalue weighted by molar-refractivity contribution is 8.12. The van der Waals surface area contributed by atoms with Gasteiger partial charge in [-0.25, -0.2) is 4.39 Å². The van der Waals surface area contributed by atoms with E-state index in [1.54, 1.807) is 20.1 Å². The van der Waals surface area contributed by atoms with E-state index >= 15 is 0 Å². The largest absolute Gasteiger partial charge is 0.378 e. The van der Waals surface area contributed by atoms with Gasteiger partial charge in [0.25, 0.3) is 5.24 Å². The Hall–Kier alpha value is -0.370. The van der Waals surface area contributed by atoms with Crippen LogP contribution in [0.15, 0.2) is 0 Å². The molecule has 1 unspecified atom stereocenters. The molecule has 0 aliphatic heterocycles. The first-order chi connectivity index (χ1) is 9.79. The second kappa shape index (κ2) is 11.2. The molecule has 0 bridgehead atoms. The molecule has 7 heteroatoms. The van der Waals surface area contributed by atoms with Gasteiger partial charge >= 0.3 is 0 Å². The minimum Gasteiger partial charge on any atom is -0.378 e. The summed E-state index contributed by atoms with van der Waals surface area (Å²) < 4.78 is 24.9. The van der Waals surface area contributed by atoms with E-state index in [1.807, 2.05) is 0 Å². The summed E-state index contributed by atoms with van der Waals surface area (Å²) in [5, 5.41) is 5.49. The number of alkyl halides is 1. The fourth-order valence-electron chi connectivity index (χ4n) is 1.47. The predicted octanol–water partition coefficient (Wildman–Crippen LogP) is 2.21. The molecule has 0 aromatic rings. The standard InChI is InChI=1S/C14H29FN2O3S/c1-11(2)16-6-7-19-8-9-20-14(3,4)12(15)10-17-13(18)21-5/h11-12,16H,6-10H2,1-5H3,(H,17,18). The maximum absolute atomic E-state index is 14.0. The third-order valence-corrected chi connectivity index (χ3v) is 3.38. The van der Waals surface area contributed by atoms with Crippen molar-refractivity contribution in [3.63, 3.8) is 0 Å². The minimum absolute atomic E-state index is 0.0498. The van der Waals surface area contributed by atoms with Crippen molar-refractivity contribution in [1.29, 1.82) is 0 Å². The fraction of sp³-hybridized carbons (Fsp3) is 0.929. The highest BCUT2D eigenvalue weighted by Gasteiger charge is 2.30. The molecule has 0 fully saturated rings. The molecule has 0 aromatic heterocycles. The first-order valence-electron chi connectivity index (χ1n) is 7.20. The number of amides is 1. The molecule has 21 heavy (non-hydrogen) atoms. The monoisotopic (exact) mass is 324 g/mol. The maximum atomic E-state index is 14.0. The molecular formula is C14H29FN2O3S. The number of nitrogens with one attached hydrogen (secondary N) is 2. The molecule has 0 saturated carbocycles. The van der Waals surface area contributed by atoms with E-state index in [1.165, 1.54) is 0 Å². The molecule has 126 valence electrons. The summed E-state index contributed by atoms with van der Waals surface area (Å²) in [5.41, 5.74) is -0.953. The molecule has 0 heterocycles. The van der Waals surface area contributed by atoms with Crippen LogP contribution in [0.4, 0.5) is 9.18 Å². The Kier molecular flexibility index (Phi) is 11.0. The average Bonchev–Trinajstić information content (AvgIpc) is 2.42. The summed E-state index contributed by atoms with van der Waals surface area (Å²) in [6, 6.07) is 0.438. The third-order valence-electron chi connectivity index (χ3n) is 2.87. The average molecular weight is 324 g/mol. The molecule has 0 rings (SSSR count). The Morgan fingerprint density at radius 2 is 1.95 bits per heavy atom. The van der Waals surface area contributed by atoms with E-state index in [0.29, 0.717) is 25.9 Å². The van der Waals surface area contributed by atoms with Crippen LogP contribution in [0.5, 0.6) is 0 Å². The van der Waals surface area contributed by atoms with Crippen molar-refractivity contribution in [2.24, 2.45) is 0 Å². The summed E-state index contributed by atoms with van der Waals surface area (Å²) in [7, 11) is 0. The van der Waals surface area contributed by atoms with Crippen molar-refractivity contribution < 1.29 is 18.7 Å². The Morgan fingerprint density at radius 3 is 2.52 bits per heavy atom. The van der Waals surface area contributed by atoms with Gasteiger partial charge in [0.05, 0.1) is 32.0 Å². The van der Waals surface area contributed by atoms with Gasteiger partial charge in [-0.2, -0.15) is 0 Å². The van der Waals surface area contributed by atoms with Gasteiger partial charge in [0.1, 0.15) is 6.17 Å². The smallest absolute Gasteiger partial charge is 0.278 e. The zero-order chi connectivity index (χ0) is 16.3. The van der Waals surface area contributed by atoms with Gasteiger partial charge in [-0.3, -0.25) is 4.79 Å². The Bertz CT molecular complexity index is 291. The number of ether oxygens (including phenoxy) is 2. The van der Waals surface area contributed by atoms with E-state index in [4.69, 9.17) is 9.47 Å². The van der Waals surface area contributed by atoms with Gasteiger partial charge < -0.3 is 20.1 Å². The summed E-state index contributed by atoms with van der Waals surface area (Å²) >= 11 is 1.02. The second-order valence-electron chi connectivity index (χ2n) is 5.51. The first-order valence-corrected chi connectivity index (χ1v) is 8.43. The van der Waals surface area contributed by atoms with Crippen molar-refractivity contribution in [3.8, 4) is 0 Å². The quantitative estimate of drug-likeness (QED) is 0.571. The lowest BCUT2D eigenvalue weighted by molar-refractivity contribution is -0.0859. The van der Waals surface area contributed by atoms with Crippen molar-refractivity contribution in [1.82, 2.24) is 10.6 Å². The van der Waals surface area contributed by atoms with Gasteiger partial charge in [0, 0.05) is 12.6 Å². The molecule has 0 aliphatic carbocycles. The maximum Gasteiger partial charge on any atom is 0.278 e. The van der Waals surface area contributed by atoms with Crippen LogP contribution in [0.3, 0.4) is 0 Å². The number of hydrogen-bond acceptors (Lipinski definition) is 5. The SMILES string of the molecule is CSC(=O)NCC(F)C(C)(C)OCCOCCNC(C)C. The summed E-state index contributed by atoms with van der Waals surface area (Å²) in [4.78, 5) is 11.1. The zero-order valence-corrected chi connectivity index (χ0v) is 14.5. The molecule has 0 radical (unpaired) electrons. The molecule has 1 atom stereocenters. The second-order valence-corrected chi connectivity index (χ2v) is 6.29. The molecule has 0 aliphatic rings. The Labute approximate surface area is 131 Å². The lowest BCUT2D eigenvalue weighted by Gasteiger charge is -2.29. The Balaban J connectivity index is 3.73. The topological polar surface area (TPSA) is 59.6 Å². The van der Waals surface area contributed by atoms with Crippen LogP contribution in [0.25, 0.3) is 0 Å². The number of rotatable bonds is 11. The highest BCUT2D eigenvalue weighted by atomic mass is 32.2. The van der Waals surface area contributed by atoms with Crippen LogP contribution in [0, 0.1) is 0 Å². The van der Waals surface area contributed by atoms with Crippen LogP contribution < -0.4 is 10.6 Å². The third kappa shape index (κ3) is 10.9. The normalized spacial score (nSPS) is 13.5. The summed E-state index contributed by atoms with van der Waals surface area (Å²) in [6.07, 6.45) is 0.381. The summed E-state index contributed by atoms with van der Waals surface area (Å²) in [6.45, 7) is 9.57. The van der Waals surface area contributed by atoms with Crippen molar-refractivity contribution >= 4 is 17.0 Å². The van der Waals surface area contributed by atoms with Gasteiger partial charge in [-0.05, 0) is 20.1 Å². The summed E-state index contributed by atoms with van der Waals surface area (Å²) in [5.74, 6) is 0. The van der Waals surface area contributed by atoms with Gasteiger partial charge in [-0.15, -0.1) is 0 Å². The minimum atomic E-state index is -1.27. The molecule has 2 N–H and O–H groups in total. The number of halogens is 1. The van der Waals surface area contributed by atoms with Crippen LogP contribution in [-0.2, 0) is 9.47 Å². The van der Waals surface area contributed by atoms with Gasteiger partial charge in [-0.1, -0.05) is 25.6 Å². The van der Waals surface area contributed by atoms with E-state index in [2.05, 4.69) is 24.5 Å². The van der Waals surface area contributed by atoms with Gasteiger partial charge in [0.15, 0.2) is 0 Å². The van der Waals surface area contributed by atoms with Crippen molar-refractivity contribution in [2.45, 2.75) is 45.5 Å². The number of carbonyl (C=O) groups excluding carboxylic acids is 1. The lowest BCUT2D eigenvalue weighted by Crippen LogP contribution is -2.44. The predicted molar refractivity (Wildman–Crippen MR) is 85.8 cm³/mol. The molecule has 0 aromatic carbocycles. The molecule has 0 saturated heterocycles. The van der Waals surface area contributed by atoms with Crippen molar-refractivity contribution in [3.05, 3.63) is 0 Å². The van der Waals surface area contributed by atoms with Crippen molar-refractivity contribution in [2.75, 3.05) is 39.2 Å². The van der Waals surface area contributed by atoms with Crippen LogP contribution in [-0.4, -0.2) is 62.2 Å². The van der Waals surface area contributed by atoms with Crippen LogP contribution in [0.2, 0.25) is 0 Å². The van der Waals surface area contributed by atoms with E-state index in [0.717, 1.165) is 18.3 Å². The van der Waals surface area contributed by atoms with E-state index in [-0.39, 0.29) is 11.8 Å². The Morgan fingerprint density at radius 1 is 1.29 bits per heavy atom. The molecule has 5 nitrogen and oxygen atoms in total. The van der Waals surface area contributed by atoms with E-state index in [9.17, 15) is 9.18 Å². The number of carbonyl (C=O) groups is 1. The lowest BCUT2D eigenvalue weighted by atomic mass is 10.0. The fourth-order valence-corrected chi connectivity index (χ4v) is 1.69. The highest BCUT2D eigenvalue weighted by Crippen LogP contribution is 2.17. The van der Waals surface area contributed by atoms with Gasteiger partial charge in [0.2, 0.25) is 0 Å². The number of thioether (sulfide) groups is 1. The molecule has 0 spiro atoms. The molecular weight excluding hydrogens is 295 g/mol. The van der Waals surface area contributed by atoms with Crippen LogP contribution in [0.1, 0.15) is 27.7 Å². The van der Waals surface area contributed by atoms with Crippen LogP contribution >= 0.6 is 11.8 Å².